The van der Waals surface area contributed by atoms with Gasteiger partial charge in [0.05, 0.1) is 6.10 Å². The SMILES string of the molecule is CCC=C(C)C(O)C(CC)CC. The molecule has 0 radical (unpaired) electrons. The fourth-order valence-corrected chi connectivity index (χ4v) is 1.55. The number of allylic oxidation sites excluding steroid dienone is 1. The maximum atomic E-state index is 9.84. The van der Waals surface area contributed by atoms with E-state index in [0.717, 1.165) is 24.8 Å². The Morgan fingerprint density at radius 1 is 1.25 bits per heavy atom. The highest BCUT2D eigenvalue weighted by Gasteiger charge is 2.15. The van der Waals surface area contributed by atoms with E-state index in [1.807, 2.05) is 6.92 Å². The average Bonchev–Trinajstić information content (AvgIpc) is 2.07. The van der Waals surface area contributed by atoms with Crippen molar-refractivity contribution in [3.05, 3.63) is 11.6 Å². The molecule has 0 aliphatic heterocycles. The van der Waals surface area contributed by atoms with Crippen LogP contribution in [0.2, 0.25) is 0 Å². The van der Waals surface area contributed by atoms with Crippen LogP contribution in [-0.2, 0) is 0 Å². The van der Waals surface area contributed by atoms with Crippen molar-refractivity contribution in [2.45, 2.75) is 53.1 Å². The maximum absolute atomic E-state index is 9.84. The second-order valence-corrected chi connectivity index (χ2v) is 3.38. The normalized spacial score (nSPS) is 15.3. The molecule has 0 heterocycles. The van der Waals surface area contributed by atoms with Crippen LogP contribution in [0.4, 0.5) is 0 Å². The van der Waals surface area contributed by atoms with Gasteiger partial charge in [-0.05, 0) is 24.8 Å². The van der Waals surface area contributed by atoms with Crippen LogP contribution in [0.5, 0.6) is 0 Å². The summed E-state index contributed by atoms with van der Waals surface area (Å²) in [6.07, 6.45) is 5.03. The fraction of sp³-hybridized carbons (Fsp3) is 0.818. The van der Waals surface area contributed by atoms with Crippen molar-refractivity contribution in [2.24, 2.45) is 5.92 Å². The van der Waals surface area contributed by atoms with Crippen molar-refractivity contribution in [3.63, 3.8) is 0 Å². The van der Waals surface area contributed by atoms with Crippen LogP contribution in [-0.4, -0.2) is 11.2 Å². The van der Waals surface area contributed by atoms with Gasteiger partial charge in [0.15, 0.2) is 0 Å². The number of rotatable bonds is 5. The molecule has 0 spiro atoms. The molecule has 0 aliphatic carbocycles. The summed E-state index contributed by atoms with van der Waals surface area (Å²) in [6.45, 7) is 8.39. The van der Waals surface area contributed by atoms with Crippen LogP contribution >= 0.6 is 0 Å². The lowest BCUT2D eigenvalue weighted by atomic mass is 9.91. The molecule has 0 aromatic heterocycles. The predicted octanol–water partition coefficient (Wildman–Crippen LogP) is 3.14. The van der Waals surface area contributed by atoms with Crippen LogP contribution in [0.3, 0.4) is 0 Å². The molecule has 0 aromatic carbocycles. The quantitative estimate of drug-likeness (QED) is 0.628. The molecule has 0 aliphatic rings. The lowest BCUT2D eigenvalue weighted by molar-refractivity contribution is 0.135. The Kier molecular flexibility index (Phi) is 6.09. The van der Waals surface area contributed by atoms with Crippen molar-refractivity contribution in [1.29, 1.82) is 0 Å². The van der Waals surface area contributed by atoms with E-state index in [1.165, 1.54) is 0 Å². The smallest absolute Gasteiger partial charge is 0.0775 e. The first-order valence-electron chi connectivity index (χ1n) is 5.01. The molecule has 0 amide bonds. The summed E-state index contributed by atoms with van der Waals surface area (Å²) in [5, 5.41) is 9.84. The average molecular weight is 170 g/mol. The third kappa shape index (κ3) is 3.40. The lowest BCUT2D eigenvalue weighted by Gasteiger charge is -2.20. The highest BCUT2D eigenvalue weighted by atomic mass is 16.3. The number of aliphatic hydroxyl groups is 1. The molecular formula is C11H22O. The molecule has 1 N–H and O–H groups in total. The van der Waals surface area contributed by atoms with E-state index in [0.29, 0.717) is 5.92 Å². The van der Waals surface area contributed by atoms with Crippen LogP contribution in [0.25, 0.3) is 0 Å². The van der Waals surface area contributed by atoms with Gasteiger partial charge in [-0.15, -0.1) is 0 Å². The Hall–Kier alpha value is -0.300. The van der Waals surface area contributed by atoms with Gasteiger partial charge in [-0.1, -0.05) is 39.7 Å². The maximum Gasteiger partial charge on any atom is 0.0775 e. The number of aliphatic hydroxyl groups excluding tert-OH is 1. The van der Waals surface area contributed by atoms with Gasteiger partial charge in [-0.2, -0.15) is 0 Å². The van der Waals surface area contributed by atoms with Gasteiger partial charge in [0.1, 0.15) is 0 Å². The molecular weight excluding hydrogens is 148 g/mol. The third-order valence-corrected chi connectivity index (χ3v) is 2.49. The van der Waals surface area contributed by atoms with Gasteiger partial charge in [-0.3, -0.25) is 0 Å². The van der Waals surface area contributed by atoms with Crippen molar-refractivity contribution in [1.82, 2.24) is 0 Å². The summed E-state index contributed by atoms with van der Waals surface area (Å²) >= 11 is 0. The topological polar surface area (TPSA) is 20.2 Å². The summed E-state index contributed by atoms with van der Waals surface area (Å²) < 4.78 is 0. The fourth-order valence-electron chi connectivity index (χ4n) is 1.55. The van der Waals surface area contributed by atoms with Crippen molar-refractivity contribution in [3.8, 4) is 0 Å². The second kappa shape index (κ2) is 6.24. The third-order valence-electron chi connectivity index (χ3n) is 2.49. The minimum atomic E-state index is -0.222. The molecule has 0 fully saturated rings. The Labute approximate surface area is 76.5 Å². The van der Waals surface area contributed by atoms with Crippen molar-refractivity contribution >= 4 is 0 Å². The zero-order valence-corrected chi connectivity index (χ0v) is 8.80. The van der Waals surface area contributed by atoms with E-state index in [2.05, 4.69) is 26.8 Å². The zero-order valence-electron chi connectivity index (χ0n) is 8.80. The summed E-state index contributed by atoms with van der Waals surface area (Å²) in [6, 6.07) is 0. The van der Waals surface area contributed by atoms with Gasteiger partial charge in [0, 0.05) is 0 Å². The predicted molar refractivity (Wildman–Crippen MR) is 54.1 cm³/mol. The molecule has 1 nitrogen and oxygen atoms in total. The molecule has 1 unspecified atom stereocenters. The summed E-state index contributed by atoms with van der Waals surface area (Å²) in [4.78, 5) is 0. The molecule has 1 atom stereocenters. The minimum Gasteiger partial charge on any atom is -0.388 e. The monoisotopic (exact) mass is 170 g/mol. The lowest BCUT2D eigenvalue weighted by Crippen LogP contribution is -2.20. The minimum absolute atomic E-state index is 0.222. The Balaban J connectivity index is 4.14. The largest absolute Gasteiger partial charge is 0.388 e. The molecule has 1 heteroatoms. The van der Waals surface area contributed by atoms with E-state index in [-0.39, 0.29) is 6.10 Å². The number of hydrogen-bond acceptors (Lipinski definition) is 1. The highest BCUT2D eigenvalue weighted by Crippen LogP contribution is 2.19. The molecule has 0 saturated carbocycles. The van der Waals surface area contributed by atoms with E-state index in [4.69, 9.17) is 0 Å². The molecule has 0 saturated heterocycles. The summed E-state index contributed by atoms with van der Waals surface area (Å²) in [5.74, 6) is 0.438. The molecule has 0 aromatic rings. The van der Waals surface area contributed by atoms with Gasteiger partial charge in [0.2, 0.25) is 0 Å². The van der Waals surface area contributed by atoms with Crippen molar-refractivity contribution < 1.29 is 5.11 Å². The van der Waals surface area contributed by atoms with E-state index < -0.39 is 0 Å². The van der Waals surface area contributed by atoms with Gasteiger partial charge < -0.3 is 5.11 Å². The second-order valence-electron chi connectivity index (χ2n) is 3.38. The first-order chi connectivity index (χ1) is 5.67. The Bertz CT molecular complexity index is 134. The standard InChI is InChI=1S/C11H22O/c1-5-8-9(4)11(12)10(6-2)7-3/h8,10-12H,5-7H2,1-4H3. The van der Waals surface area contributed by atoms with Crippen LogP contribution in [0.1, 0.15) is 47.0 Å². The Morgan fingerprint density at radius 3 is 2.08 bits per heavy atom. The Morgan fingerprint density at radius 2 is 1.75 bits per heavy atom. The van der Waals surface area contributed by atoms with E-state index in [9.17, 15) is 5.11 Å². The van der Waals surface area contributed by atoms with Gasteiger partial charge in [-0.25, -0.2) is 0 Å². The van der Waals surface area contributed by atoms with Crippen LogP contribution in [0, 0.1) is 5.92 Å². The van der Waals surface area contributed by atoms with Crippen molar-refractivity contribution in [2.75, 3.05) is 0 Å². The molecule has 0 bridgehead atoms. The van der Waals surface area contributed by atoms with Crippen LogP contribution < -0.4 is 0 Å². The first kappa shape index (κ1) is 11.7. The summed E-state index contributed by atoms with van der Waals surface area (Å²) in [7, 11) is 0. The van der Waals surface area contributed by atoms with Gasteiger partial charge in [0.25, 0.3) is 0 Å². The van der Waals surface area contributed by atoms with E-state index in [1.54, 1.807) is 0 Å². The molecule has 72 valence electrons. The number of hydrogen-bond donors (Lipinski definition) is 1. The first-order valence-corrected chi connectivity index (χ1v) is 5.01. The summed E-state index contributed by atoms with van der Waals surface area (Å²) in [5.41, 5.74) is 1.13. The molecule has 12 heavy (non-hydrogen) atoms. The zero-order chi connectivity index (χ0) is 9.56. The van der Waals surface area contributed by atoms with E-state index >= 15 is 0 Å². The molecule has 0 rings (SSSR count). The van der Waals surface area contributed by atoms with Gasteiger partial charge >= 0.3 is 0 Å². The highest BCUT2D eigenvalue weighted by molar-refractivity contribution is 5.05. The van der Waals surface area contributed by atoms with Crippen LogP contribution in [0.15, 0.2) is 11.6 Å².